The summed E-state index contributed by atoms with van der Waals surface area (Å²) in [5.74, 6) is 0. The molecule has 2 nitrogen and oxygen atoms in total. The van der Waals surface area contributed by atoms with E-state index < -0.39 is 0 Å². The van der Waals surface area contributed by atoms with Crippen LogP contribution in [0.5, 0.6) is 0 Å². The number of ether oxygens (including phenoxy) is 1. The Labute approximate surface area is 136 Å². The van der Waals surface area contributed by atoms with Crippen molar-refractivity contribution in [1.29, 1.82) is 5.26 Å². The molecule has 2 aromatic carbocycles. The zero-order valence-corrected chi connectivity index (χ0v) is 13.7. The van der Waals surface area contributed by atoms with Gasteiger partial charge in [-0.25, -0.2) is 0 Å². The van der Waals surface area contributed by atoms with Crippen LogP contribution in [0, 0.1) is 18.3 Å². The quantitative estimate of drug-likeness (QED) is 0.769. The van der Waals surface area contributed by atoms with Crippen LogP contribution in [-0.4, -0.2) is 12.9 Å². The monoisotopic (exact) mass is 309 g/mol. The first-order valence-electron chi connectivity index (χ1n) is 7.08. The Bertz CT molecular complexity index is 683. The predicted molar refractivity (Wildman–Crippen MR) is 93.5 cm³/mol. The number of hydrogen-bond acceptors (Lipinski definition) is 3. The van der Waals surface area contributed by atoms with Gasteiger partial charge in [-0.05, 0) is 47.4 Å². The predicted octanol–water partition coefficient (Wildman–Crippen LogP) is 4.79. The van der Waals surface area contributed by atoms with E-state index in [2.05, 4.69) is 36.6 Å². The molecule has 3 heteroatoms. The van der Waals surface area contributed by atoms with E-state index in [1.807, 2.05) is 36.6 Å². The molecule has 0 aliphatic heterocycles. The molecular formula is C19H19NOS. The average Bonchev–Trinajstić information content (AvgIpc) is 2.54. The number of nitriles is 1. The van der Waals surface area contributed by atoms with Crippen LogP contribution in [0.2, 0.25) is 0 Å². The third-order valence-electron chi connectivity index (χ3n) is 3.25. The Morgan fingerprint density at radius 1 is 1.23 bits per heavy atom. The number of aryl methyl sites for hydroxylation is 1. The van der Waals surface area contributed by atoms with Gasteiger partial charge in [0.2, 0.25) is 0 Å². The smallest absolute Gasteiger partial charge is 0.0991 e. The molecule has 0 spiro atoms. The minimum Gasteiger partial charge on any atom is -0.372 e. The van der Waals surface area contributed by atoms with E-state index in [9.17, 15) is 0 Å². The number of hydrogen-bond donors (Lipinski definition) is 0. The number of thioether (sulfide) groups is 1. The molecular weight excluding hydrogens is 290 g/mol. The van der Waals surface area contributed by atoms with E-state index in [1.54, 1.807) is 11.8 Å². The molecule has 0 radical (unpaired) electrons. The zero-order chi connectivity index (χ0) is 15.8. The zero-order valence-electron chi connectivity index (χ0n) is 12.9. The van der Waals surface area contributed by atoms with Crippen molar-refractivity contribution >= 4 is 17.3 Å². The van der Waals surface area contributed by atoms with Crippen LogP contribution < -0.4 is 0 Å². The highest BCUT2D eigenvalue weighted by molar-refractivity contribution is 8.01. The highest BCUT2D eigenvalue weighted by atomic mass is 32.2. The van der Waals surface area contributed by atoms with Gasteiger partial charge in [0.25, 0.3) is 0 Å². The fourth-order valence-corrected chi connectivity index (χ4v) is 2.66. The molecule has 2 aromatic rings. The minimum atomic E-state index is 0.556. The minimum absolute atomic E-state index is 0.556. The summed E-state index contributed by atoms with van der Waals surface area (Å²) >= 11 is 1.66. The summed E-state index contributed by atoms with van der Waals surface area (Å²) < 4.78 is 5.85. The van der Waals surface area contributed by atoms with Crippen molar-refractivity contribution in [2.24, 2.45) is 0 Å². The first-order valence-corrected chi connectivity index (χ1v) is 8.37. The van der Waals surface area contributed by atoms with Crippen molar-refractivity contribution in [1.82, 2.24) is 0 Å². The number of benzene rings is 2. The summed E-state index contributed by atoms with van der Waals surface area (Å²) in [5.41, 5.74) is 5.33. The normalized spacial score (nSPS) is 11.2. The molecule has 0 saturated heterocycles. The summed E-state index contributed by atoms with van der Waals surface area (Å²) in [6, 6.07) is 18.1. The molecule has 0 heterocycles. The molecule has 0 bridgehead atoms. The Hall–Kier alpha value is -2.02. The van der Waals surface area contributed by atoms with E-state index in [0.717, 1.165) is 11.1 Å². The molecule has 0 aliphatic rings. The topological polar surface area (TPSA) is 33.0 Å². The molecule has 0 N–H and O–H groups in total. The van der Waals surface area contributed by atoms with Crippen LogP contribution >= 0.6 is 11.8 Å². The van der Waals surface area contributed by atoms with Crippen LogP contribution in [-0.2, 0) is 11.3 Å². The summed E-state index contributed by atoms with van der Waals surface area (Å²) in [6.07, 6.45) is 2.03. The van der Waals surface area contributed by atoms with Crippen LogP contribution in [0.1, 0.15) is 22.3 Å². The Morgan fingerprint density at radius 2 is 2.00 bits per heavy atom. The molecule has 22 heavy (non-hydrogen) atoms. The van der Waals surface area contributed by atoms with Gasteiger partial charge in [0, 0.05) is 0 Å². The highest BCUT2D eigenvalue weighted by Gasteiger charge is 2.03. The molecule has 0 fully saturated rings. The molecule has 0 aromatic heterocycles. The summed E-state index contributed by atoms with van der Waals surface area (Å²) in [7, 11) is 0. The molecule has 0 saturated carbocycles. The highest BCUT2D eigenvalue weighted by Crippen LogP contribution is 2.19. The van der Waals surface area contributed by atoms with Gasteiger partial charge in [-0.3, -0.25) is 0 Å². The molecule has 112 valence electrons. The standard InChI is InChI=1S/C19H19NOS/c1-15-4-3-5-17(10-15)12-21-13-19(14-22-2)18-8-6-16(11-20)7-9-18/h3-10,14H,12-13H2,1-2H3/b19-14-. The van der Waals surface area contributed by atoms with Gasteiger partial charge < -0.3 is 4.74 Å². The van der Waals surface area contributed by atoms with Gasteiger partial charge in [-0.2, -0.15) is 5.26 Å². The van der Waals surface area contributed by atoms with Crippen LogP contribution in [0.15, 0.2) is 53.9 Å². The van der Waals surface area contributed by atoms with Gasteiger partial charge >= 0.3 is 0 Å². The number of nitrogens with zero attached hydrogens (tertiary/aromatic N) is 1. The lowest BCUT2D eigenvalue weighted by molar-refractivity contribution is 0.153. The van der Waals surface area contributed by atoms with Crippen molar-refractivity contribution < 1.29 is 4.74 Å². The molecule has 0 unspecified atom stereocenters. The third kappa shape index (κ3) is 4.77. The van der Waals surface area contributed by atoms with Crippen LogP contribution in [0.25, 0.3) is 5.57 Å². The first-order chi connectivity index (χ1) is 10.7. The molecule has 0 aliphatic carbocycles. The van der Waals surface area contributed by atoms with Crippen molar-refractivity contribution in [3.05, 3.63) is 76.2 Å². The largest absolute Gasteiger partial charge is 0.372 e. The fraction of sp³-hybridized carbons (Fsp3) is 0.211. The van der Waals surface area contributed by atoms with Crippen molar-refractivity contribution in [3.8, 4) is 6.07 Å². The van der Waals surface area contributed by atoms with E-state index >= 15 is 0 Å². The maximum Gasteiger partial charge on any atom is 0.0991 e. The van der Waals surface area contributed by atoms with Crippen molar-refractivity contribution in [3.63, 3.8) is 0 Å². The average molecular weight is 309 g/mol. The SMILES string of the molecule is CS/C=C(/COCc1cccc(C)c1)c1ccc(C#N)cc1. The van der Waals surface area contributed by atoms with Gasteiger partial charge in [0.05, 0.1) is 24.8 Å². The molecule has 0 amide bonds. The van der Waals surface area contributed by atoms with Gasteiger partial charge in [0.1, 0.15) is 0 Å². The third-order valence-corrected chi connectivity index (χ3v) is 3.77. The fourth-order valence-electron chi connectivity index (χ4n) is 2.17. The molecule has 2 rings (SSSR count). The second-order valence-corrected chi connectivity index (χ2v) is 5.76. The lowest BCUT2D eigenvalue weighted by atomic mass is 10.1. The second kappa shape index (κ2) is 8.43. The first kappa shape index (κ1) is 16.4. The van der Waals surface area contributed by atoms with Crippen molar-refractivity contribution in [2.45, 2.75) is 13.5 Å². The van der Waals surface area contributed by atoms with Gasteiger partial charge in [0.15, 0.2) is 0 Å². The maximum absolute atomic E-state index is 8.87. The summed E-state index contributed by atoms with van der Waals surface area (Å²) in [4.78, 5) is 0. The van der Waals surface area contributed by atoms with Gasteiger partial charge in [-0.1, -0.05) is 42.0 Å². The van der Waals surface area contributed by atoms with E-state index in [1.165, 1.54) is 11.1 Å². The van der Waals surface area contributed by atoms with Crippen molar-refractivity contribution in [2.75, 3.05) is 12.9 Å². The second-order valence-electron chi connectivity index (χ2n) is 5.05. The van der Waals surface area contributed by atoms with Crippen LogP contribution in [0.3, 0.4) is 0 Å². The van der Waals surface area contributed by atoms with E-state index in [4.69, 9.17) is 10.00 Å². The van der Waals surface area contributed by atoms with E-state index in [0.29, 0.717) is 18.8 Å². The Kier molecular flexibility index (Phi) is 6.27. The van der Waals surface area contributed by atoms with Crippen LogP contribution in [0.4, 0.5) is 0 Å². The summed E-state index contributed by atoms with van der Waals surface area (Å²) in [6.45, 7) is 3.24. The number of rotatable bonds is 6. The lowest BCUT2D eigenvalue weighted by Crippen LogP contribution is -1.99. The Morgan fingerprint density at radius 3 is 2.64 bits per heavy atom. The summed E-state index contributed by atoms with van der Waals surface area (Å²) in [5, 5.41) is 11.0. The van der Waals surface area contributed by atoms with E-state index in [-0.39, 0.29) is 0 Å². The lowest BCUT2D eigenvalue weighted by Gasteiger charge is -2.10. The Balaban J connectivity index is 2.00. The van der Waals surface area contributed by atoms with Gasteiger partial charge in [-0.15, -0.1) is 11.8 Å². The molecule has 0 atom stereocenters. The maximum atomic E-state index is 8.87.